The van der Waals surface area contributed by atoms with Gasteiger partial charge in [-0.3, -0.25) is 0 Å². The Morgan fingerprint density at radius 2 is 1.75 bits per heavy atom. The molecule has 0 unspecified atom stereocenters. The summed E-state index contributed by atoms with van der Waals surface area (Å²) in [4.78, 5) is 0. The summed E-state index contributed by atoms with van der Waals surface area (Å²) in [5, 5.41) is 9.17. The number of hydrogen-bond acceptors (Lipinski definition) is 3. The minimum Gasteiger partial charge on any atom is -0.407 e. The Kier molecular flexibility index (Phi) is 4.40. The Bertz CT molecular complexity index is 807. The van der Waals surface area contributed by atoms with Crippen molar-refractivity contribution in [3.05, 3.63) is 53.6 Å². The molecule has 0 aliphatic carbocycles. The Labute approximate surface area is 140 Å². The molecule has 0 spiro atoms. The van der Waals surface area contributed by atoms with Crippen molar-refractivity contribution in [1.82, 2.24) is 0 Å². The van der Waals surface area contributed by atoms with Crippen molar-refractivity contribution in [1.29, 1.82) is 5.26 Å². The van der Waals surface area contributed by atoms with Crippen LogP contribution < -0.4 is 5.46 Å². The first-order chi connectivity index (χ1) is 11.4. The van der Waals surface area contributed by atoms with Crippen molar-refractivity contribution < 1.29 is 18.1 Å². The monoisotopic (exact) mass is 327 g/mol. The lowest BCUT2D eigenvalue weighted by Gasteiger charge is -2.33. The Morgan fingerprint density at radius 1 is 1.04 bits per heavy atom. The fourth-order valence-corrected chi connectivity index (χ4v) is 2.64. The van der Waals surface area contributed by atoms with Gasteiger partial charge in [-0.05, 0) is 17.6 Å². The van der Waals surface area contributed by atoms with E-state index >= 15 is 0 Å². The molecule has 0 N–H and O–H groups in total. The van der Waals surface area contributed by atoms with Crippen molar-refractivity contribution >= 4 is 12.6 Å². The van der Waals surface area contributed by atoms with Crippen molar-refractivity contribution in [2.24, 2.45) is 5.41 Å². The molecule has 122 valence electrons. The van der Waals surface area contributed by atoms with Gasteiger partial charge in [0.05, 0.1) is 5.56 Å². The van der Waals surface area contributed by atoms with Gasteiger partial charge >= 0.3 is 7.12 Å². The average molecular weight is 327 g/mol. The summed E-state index contributed by atoms with van der Waals surface area (Å²) in [6, 6.07) is 10.4. The molecule has 6 heteroatoms. The van der Waals surface area contributed by atoms with Crippen molar-refractivity contribution in [2.45, 2.75) is 13.8 Å². The van der Waals surface area contributed by atoms with Gasteiger partial charge in [0.15, 0.2) is 0 Å². The standard InChI is InChI=1S/C18H16BF2NO2/c1-18(2)10-23-19(24-11-18)12-6-7-17(21)14(8-12)13-4-3-5-16(20)15(13)9-22/h3-8H,10-11H2,1-2H3. The van der Waals surface area contributed by atoms with E-state index in [2.05, 4.69) is 0 Å². The van der Waals surface area contributed by atoms with E-state index in [4.69, 9.17) is 14.6 Å². The van der Waals surface area contributed by atoms with E-state index in [1.54, 1.807) is 18.2 Å². The van der Waals surface area contributed by atoms with Crippen LogP contribution in [0, 0.1) is 28.4 Å². The molecule has 3 nitrogen and oxygen atoms in total. The lowest BCUT2D eigenvalue weighted by Crippen LogP contribution is -2.47. The number of rotatable bonds is 2. The van der Waals surface area contributed by atoms with Crippen molar-refractivity contribution in [3.8, 4) is 17.2 Å². The van der Waals surface area contributed by atoms with E-state index in [0.29, 0.717) is 18.7 Å². The zero-order valence-electron chi connectivity index (χ0n) is 13.5. The van der Waals surface area contributed by atoms with E-state index in [1.165, 1.54) is 24.3 Å². The van der Waals surface area contributed by atoms with Gasteiger partial charge in [0.2, 0.25) is 0 Å². The highest BCUT2D eigenvalue weighted by Crippen LogP contribution is 2.28. The number of nitrogens with zero attached hydrogens (tertiary/aromatic N) is 1. The van der Waals surface area contributed by atoms with Gasteiger partial charge in [0, 0.05) is 29.8 Å². The number of halogens is 2. The molecule has 1 aliphatic rings. The smallest absolute Gasteiger partial charge is 0.407 e. The molecule has 1 heterocycles. The summed E-state index contributed by atoms with van der Waals surface area (Å²) < 4.78 is 39.5. The quantitative estimate of drug-likeness (QED) is 0.795. The Hall–Kier alpha value is -2.23. The van der Waals surface area contributed by atoms with Crippen LogP contribution in [0.2, 0.25) is 0 Å². The van der Waals surface area contributed by atoms with Crippen LogP contribution in [0.3, 0.4) is 0 Å². The Balaban J connectivity index is 2.00. The highest BCUT2D eigenvalue weighted by atomic mass is 19.1. The maximum absolute atomic E-state index is 14.3. The van der Waals surface area contributed by atoms with E-state index in [1.807, 2.05) is 13.8 Å². The molecule has 2 aromatic rings. The van der Waals surface area contributed by atoms with Crippen LogP contribution in [0.4, 0.5) is 8.78 Å². The SMILES string of the molecule is CC1(C)COB(c2ccc(F)c(-c3cccc(F)c3C#N)c2)OC1. The zero-order chi connectivity index (χ0) is 17.3. The first-order valence-electron chi connectivity index (χ1n) is 7.63. The summed E-state index contributed by atoms with van der Waals surface area (Å²) in [6.07, 6.45) is 0. The molecule has 0 atom stereocenters. The average Bonchev–Trinajstić information content (AvgIpc) is 2.55. The molecule has 1 saturated heterocycles. The van der Waals surface area contributed by atoms with Gasteiger partial charge in [0.25, 0.3) is 0 Å². The summed E-state index contributed by atoms with van der Waals surface area (Å²) >= 11 is 0. The normalized spacial score (nSPS) is 16.7. The number of benzene rings is 2. The molecule has 0 aromatic heterocycles. The summed E-state index contributed by atoms with van der Waals surface area (Å²) in [5.74, 6) is -1.20. The van der Waals surface area contributed by atoms with Gasteiger partial charge in [-0.2, -0.15) is 5.26 Å². The zero-order valence-corrected chi connectivity index (χ0v) is 13.5. The lowest BCUT2D eigenvalue weighted by atomic mass is 9.75. The first kappa shape index (κ1) is 16.6. The predicted octanol–water partition coefficient (Wildman–Crippen LogP) is 3.27. The van der Waals surface area contributed by atoms with Crippen LogP contribution in [0.15, 0.2) is 36.4 Å². The molecule has 3 rings (SSSR count). The highest BCUT2D eigenvalue weighted by molar-refractivity contribution is 6.61. The van der Waals surface area contributed by atoms with E-state index < -0.39 is 18.8 Å². The van der Waals surface area contributed by atoms with Crippen LogP contribution in [0.5, 0.6) is 0 Å². The Morgan fingerprint density at radius 3 is 2.42 bits per heavy atom. The maximum atomic E-state index is 14.3. The van der Waals surface area contributed by atoms with E-state index in [-0.39, 0.29) is 22.1 Å². The number of nitriles is 1. The second-order valence-electron chi connectivity index (χ2n) is 6.63. The maximum Gasteiger partial charge on any atom is 0.493 e. The first-order valence-corrected chi connectivity index (χ1v) is 7.63. The third-order valence-corrected chi connectivity index (χ3v) is 3.93. The van der Waals surface area contributed by atoms with Crippen molar-refractivity contribution in [3.63, 3.8) is 0 Å². The molecule has 0 radical (unpaired) electrons. The van der Waals surface area contributed by atoms with Gasteiger partial charge < -0.3 is 9.31 Å². The highest BCUT2D eigenvalue weighted by Gasteiger charge is 2.33. The molecule has 24 heavy (non-hydrogen) atoms. The minimum atomic E-state index is -0.674. The fourth-order valence-electron chi connectivity index (χ4n) is 2.64. The van der Waals surface area contributed by atoms with E-state index in [0.717, 1.165) is 0 Å². The van der Waals surface area contributed by atoms with E-state index in [9.17, 15) is 8.78 Å². The van der Waals surface area contributed by atoms with Crippen LogP contribution >= 0.6 is 0 Å². The molecule has 2 aromatic carbocycles. The fraction of sp³-hybridized carbons (Fsp3) is 0.278. The molecule has 0 saturated carbocycles. The second kappa shape index (κ2) is 6.35. The summed E-state index contributed by atoms with van der Waals surface area (Å²) in [7, 11) is -0.600. The third-order valence-electron chi connectivity index (χ3n) is 3.93. The van der Waals surface area contributed by atoms with Crippen LogP contribution in [-0.2, 0) is 9.31 Å². The lowest BCUT2D eigenvalue weighted by molar-refractivity contribution is 0.0343. The largest absolute Gasteiger partial charge is 0.493 e. The van der Waals surface area contributed by atoms with Gasteiger partial charge in [-0.15, -0.1) is 0 Å². The molecule has 1 aliphatic heterocycles. The van der Waals surface area contributed by atoms with Gasteiger partial charge in [0.1, 0.15) is 17.7 Å². The minimum absolute atomic E-state index is 0.0735. The van der Waals surface area contributed by atoms with Crippen LogP contribution in [0.25, 0.3) is 11.1 Å². The molecular weight excluding hydrogens is 311 g/mol. The number of hydrogen-bond donors (Lipinski definition) is 0. The van der Waals surface area contributed by atoms with Crippen molar-refractivity contribution in [2.75, 3.05) is 13.2 Å². The molecule has 0 amide bonds. The van der Waals surface area contributed by atoms with Crippen LogP contribution in [0.1, 0.15) is 19.4 Å². The second-order valence-corrected chi connectivity index (χ2v) is 6.63. The van der Waals surface area contributed by atoms with Crippen LogP contribution in [-0.4, -0.2) is 20.3 Å². The molecule has 1 fully saturated rings. The summed E-state index contributed by atoms with van der Waals surface area (Å²) in [6.45, 7) is 5.11. The molecular formula is C18H16BF2NO2. The third kappa shape index (κ3) is 3.19. The summed E-state index contributed by atoms with van der Waals surface area (Å²) in [5.41, 5.74) is 0.749. The predicted molar refractivity (Wildman–Crippen MR) is 87.6 cm³/mol. The van der Waals surface area contributed by atoms with Gasteiger partial charge in [-0.1, -0.05) is 38.1 Å². The topological polar surface area (TPSA) is 42.2 Å². The molecule has 0 bridgehead atoms. The van der Waals surface area contributed by atoms with Gasteiger partial charge in [-0.25, -0.2) is 8.78 Å².